The van der Waals surface area contributed by atoms with E-state index in [0.29, 0.717) is 5.69 Å². The van der Waals surface area contributed by atoms with Gasteiger partial charge >= 0.3 is 12.1 Å². The van der Waals surface area contributed by atoms with Crippen LogP contribution in [0.3, 0.4) is 0 Å². The molecule has 0 saturated carbocycles. The number of hydrogen-bond acceptors (Lipinski definition) is 4. The van der Waals surface area contributed by atoms with E-state index in [2.05, 4.69) is 15.0 Å². The second kappa shape index (κ2) is 6.51. The number of pyridine rings is 1. The van der Waals surface area contributed by atoms with Crippen molar-refractivity contribution in [3.63, 3.8) is 0 Å². The van der Waals surface area contributed by atoms with E-state index < -0.39 is 24.6 Å². The van der Waals surface area contributed by atoms with Crippen molar-refractivity contribution in [2.45, 2.75) is 32.1 Å². The van der Waals surface area contributed by atoms with Crippen molar-refractivity contribution in [2.24, 2.45) is 0 Å². The summed E-state index contributed by atoms with van der Waals surface area (Å²) in [4.78, 5) is 15.4. The third kappa shape index (κ3) is 5.25. The van der Waals surface area contributed by atoms with Gasteiger partial charge in [-0.2, -0.15) is 13.2 Å². The van der Waals surface area contributed by atoms with Crippen LogP contribution >= 0.6 is 0 Å². The molecule has 0 aliphatic heterocycles. The first-order chi connectivity index (χ1) is 8.83. The fraction of sp³-hybridized carbons (Fsp3) is 0.500. The summed E-state index contributed by atoms with van der Waals surface area (Å²) in [5, 5.41) is 2.68. The molecule has 0 bridgehead atoms. The molecule has 0 fully saturated rings. The van der Waals surface area contributed by atoms with Gasteiger partial charge in [0.2, 0.25) is 0 Å². The summed E-state index contributed by atoms with van der Waals surface area (Å²) in [6.07, 6.45) is -3.69. The Morgan fingerprint density at radius 1 is 1.53 bits per heavy atom. The van der Waals surface area contributed by atoms with Crippen molar-refractivity contribution in [3.05, 3.63) is 29.6 Å². The SMILES string of the molecule is COC(=O)c1cccnc1CNC(C)CC(F)(F)F. The predicted octanol–water partition coefficient (Wildman–Crippen LogP) is 2.30. The Balaban J connectivity index is 2.65. The molecule has 0 aromatic carbocycles. The van der Waals surface area contributed by atoms with Crippen LogP contribution in [-0.2, 0) is 11.3 Å². The summed E-state index contributed by atoms with van der Waals surface area (Å²) in [6.45, 7) is 1.50. The Kier molecular flexibility index (Phi) is 5.29. The third-order valence-electron chi connectivity index (χ3n) is 2.45. The van der Waals surface area contributed by atoms with E-state index in [1.165, 1.54) is 26.3 Å². The molecular formula is C12H15F3N2O2. The van der Waals surface area contributed by atoms with Crippen molar-refractivity contribution in [2.75, 3.05) is 7.11 Å². The molecule has 7 heteroatoms. The lowest BCUT2D eigenvalue weighted by Gasteiger charge is -2.16. The van der Waals surface area contributed by atoms with Gasteiger partial charge in [-0.1, -0.05) is 0 Å². The minimum absolute atomic E-state index is 0.0719. The normalized spacial score (nSPS) is 13.1. The number of carbonyl (C=O) groups excluding carboxylic acids is 1. The molecule has 0 spiro atoms. The molecule has 0 saturated heterocycles. The fourth-order valence-electron chi connectivity index (χ4n) is 1.56. The van der Waals surface area contributed by atoms with Gasteiger partial charge in [0.1, 0.15) is 0 Å². The van der Waals surface area contributed by atoms with Crippen molar-refractivity contribution < 1.29 is 22.7 Å². The van der Waals surface area contributed by atoms with Crippen LogP contribution in [-0.4, -0.2) is 30.3 Å². The van der Waals surface area contributed by atoms with E-state index in [1.807, 2.05) is 0 Å². The van der Waals surface area contributed by atoms with Crippen LogP contribution in [0, 0.1) is 0 Å². The Labute approximate surface area is 109 Å². The number of nitrogens with zero attached hydrogens (tertiary/aromatic N) is 1. The molecule has 19 heavy (non-hydrogen) atoms. The van der Waals surface area contributed by atoms with Gasteiger partial charge in [0.05, 0.1) is 24.8 Å². The monoisotopic (exact) mass is 276 g/mol. The third-order valence-corrected chi connectivity index (χ3v) is 2.45. The number of rotatable bonds is 5. The van der Waals surface area contributed by atoms with Crippen LogP contribution in [0.25, 0.3) is 0 Å². The molecule has 0 amide bonds. The Morgan fingerprint density at radius 3 is 2.79 bits per heavy atom. The minimum Gasteiger partial charge on any atom is -0.465 e. The van der Waals surface area contributed by atoms with Gasteiger partial charge in [0.25, 0.3) is 0 Å². The van der Waals surface area contributed by atoms with Gasteiger partial charge in [-0.25, -0.2) is 4.79 Å². The summed E-state index contributed by atoms with van der Waals surface area (Å²) < 4.78 is 41.1. The zero-order valence-electron chi connectivity index (χ0n) is 10.6. The molecule has 4 nitrogen and oxygen atoms in total. The number of esters is 1. The van der Waals surface area contributed by atoms with Crippen LogP contribution < -0.4 is 5.32 Å². The van der Waals surface area contributed by atoms with Gasteiger partial charge < -0.3 is 10.1 Å². The first kappa shape index (κ1) is 15.4. The summed E-state index contributed by atoms with van der Waals surface area (Å²) in [5.41, 5.74) is 0.611. The summed E-state index contributed by atoms with van der Waals surface area (Å²) in [7, 11) is 1.23. The highest BCUT2D eigenvalue weighted by atomic mass is 19.4. The zero-order chi connectivity index (χ0) is 14.5. The standard InChI is InChI=1S/C12H15F3N2O2/c1-8(6-12(13,14)15)17-7-10-9(11(18)19-2)4-3-5-16-10/h3-5,8,17H,6-7H2,1-2H3. The van der Waals surface area contributed by atoms with Crippen molar-refractivity contribution in [1.82, 2.24) is 10.3 Å². The maximum absolute atomic E-state index is 12.2. The number of ether oxygens (including phenoxy) is 1. The topological polar surface area (TPSA) is 51.2 Å². The lowest BCUT2D eigenvalue weighted by molar-refractivity contribution is -0.139. The lowest BCUT2D eigenvalue weighted by atomic mass is 10.1. The second-order valence-corrected chi connectivity index (χ2v) is 4.09. The summed E-state index contributed by atoms with van der Waals surface area (Å²) in [5.74, 6) is -0.562. The Hall–Kier alpha value is -1.63. The molecule has 0 aliphatic carbocycles. The largest absolute Gasteiger partial charge is 0.465 e. The number of nitrogens with one attached hydrogen (secondary N) is 1. The van der Waals surface area contributed by atoms with Crippen molar-refractivity contribution in [1.29, 1.82) is 0 Å². The summed E-state index contributed by atoms with van der Waals surface area (Å²) in [6, 6.07) is 2.33. The van der Waals surface area contributed by atoms with Gasteiger partial charge in [-0.05, 0) is 19.1 Å². The molecule has 1 unspecified atom stereocenters. The van der Waals surface area contributed by atoms with Crippen LogP contribution in [0.5, 0.6) is 0 Å². The molecule has 1 aromatic heterocycles. The van der Waals surface area contributed by atoms with Crippen molar-refractivity contribution >= 4 is 5.97 Å². The first-order valence-corrected chi connectivity index (χ1v) is 5.66. The highest BCUT2D eigenvalue weighted by Crippen LogP contribution is 2.21. The van der Waals surface area contributed by atoms with Crippen molar-refractivity contribution in [3.8, 4) is 0 Å². The van der Waals surface area contributed by atoms with Gasteiger partial charge in [0.15, 0.2) is 0 Å². The fourth-order valence-corrected chi connectivity index (χ4v) is 1.56. The van der Waals surface area contributed by atoms with E-state index in [1.54, 1.807) is 6.07 Å². The maximum atomic E-state index is 12.2. The number of hydrogen-bond donors (Lipinski definition) is 1. The Morgan fingerprint density at radius 2 is 2.21 bits per heavy atom. The molecule has 0 aliphatic rings. The number of carbonyl (C=O) groups is 1. The molecule has 1 N–H and O–H groups in total. The van der Waals surface area contributed by atoms with E-state index in [0.717, 1.165) is 0 Å². The van der Waals surface area contributed by atoms with E-state index in [-0.39, 0.29) is 12.1 Å². The smallest absolute Gasteiger partial charge is 0.390 e. The van der Waals surface area contributed by atoms with Crippen LogP contribution in [0.4, 0.5) is 13.2 Å². The number of alkyl halides is 3. The molecule has 106 valence electrons. The highest BCUT2D eigenvalue weighted by molar-refractivity contribution is 5.90. The number of halogens is 3. The quantitative estimate of drug-likeness (QED) is 0.838. The summed E-state index contributed by atoms with van der Waals surface area (Å²) >= 11 is 0. The molecule has 1 aromatic rings. The average Bonchev–Trinajstić information content (AvgIpc) is 2.33. The Bertz CT molecular complexity index is 435. The van der Waals surface area contributed by atoms with Gasteiger partial charge in [0, 0.05) is 18.8 Å². The lowest BCUT2D eigenvalue weighted by Crippen LogP contribution is -2.31. The van der Waals surface area contributed by atoms with Crippen LogP contribution in [0.2, 0.25) is 0 Å². The first-order valence-electron chi connectivity index (χ1n) is 5.66. The molecule has 1 heterocycles. The van der Waals surface area contributed by atoms with Gasteiger partial charge in [-0.15, -0.1) is 0 Å². The molecule has 1 rings (SSSR count). The highest BCUT2D eigenvalue weighted by Gasteiger charge is 2.29. The van der Waals surface area contributed by atoms with E-state index in [9.17, 15) is 18.0 Å². The van der Waals surface area contributed by atoms with Crippen LogP contribution in [0.15, 0.2) is 18.3 Å². The molecule has 0 radical (unpaired) electrons. The van der Waals surface area contributed by atoms with Gasteiger partial charge in [-0.3, -0.25) is 4.98 Å². The van der Waals surface area contributed by atoms with E-state index in [4.69, 9.17) is 0 Å². The molecular weight excluding hydrogens is 261 g/mol. The molecule has 1 atom stereocenters. The average molecular weight is 276 g/mol. The predicted molar refractivity (Wildman–Crippen MR) is 62.6 cm³/mol. The minimum atomic E-state index is -4.22. The maximum Gasteiger partial charge on any atom is 0.390 e. The van der Waals surface area contributed by atoms with Crippen LogP contribution in [0.1, 0.15) is 29.4 Å². The van der Waals surface area contributed by atoms with E-state index >= 15 is 0 Å². The second-order valence-electron chi connectivity index (χ2n) is 4.09. The number of aromatic nitrogens is 1. The zero-order valence-corrected chi connectivity index (χ0v) is 10.6. The number of methoxy groups -OCH3 is 1.